The molecule has 2 atom stereocenters. The summed E-state index contributed by atoms with van der Waals surface area (Å²) in [5.41, 5.74) is 7.74. The monoisotopic (exact) mass is 317 g/mol. The number of carbonyl (C=O) groups is 1. The molecule has 1 amide bonds. The Bertz CT molecular complexity index is 631. The predicted molar refractivity (Wildman–Crippen MR) is 91.5 cm³/mol. The van der Waals surface area contributed by atoms with Gasteiger partial charge in [0.1, 0.15) is 5.01 Å². The molecule has 0 aliphatic heterocycles. The number of carbonyl (C=O) groups excluding carboxylic acids is 1. The van der Waals surface area contributed by atoms with E-state index in [2.05, 4.69) is 10.3 Å². The van der Waals surface area contributed by atoms with E-state index in [1.807, 2.05) is 63.4 Å². The third-order valence-corrected chi connectivity index (χ3v) is 4.56. The van der Waals surface area contributed by atoms with Gasteiger partial charge in [0.15, 0.2) is 0 Å². The fourth-order valence-corrected chi connectivity index (χ4v) is 2.82. The van der Waals surface area contributed by atoms with Crippen molar-refractivity contribution in [3.63, 3.8) is 0 Å². The second-order valence-electron chi connectivity index (χ2n) is 6.51. The van der Waals surface area contributed by atoms with Crippen molar-refractivity contribution in [2.45, 2.75) is 39.8 Å². The number of aromatic nitrogens is 1. The Hall–Kier alpha value is -1.72. The summed E-state index contributed by atoms with van der Waals surface area (Å²) in [4.78, 5) is 16.8. The van der Waals surface area contributed by atoms with Gasteiger partial charge in [-0.15, -0.1) is 11.3 Å². The standard InChI is InChI=1S/C17H23N3OS/c1-11(19-15(21)14(18)17(2,3)4)16-20-13(10-22-16)12-8-6-5-7-9-12/h5-11,14H,18H2,1-4H3,(H,19,21)/t11?,14-/m1/s1. The molecule has 1 unspecified atom stereocenters. The Morgan fingerprint density at radius 1 is 1.27 bits per heavy atom. The van der Waals surface area contributed by atoms with Crippen molar-refractivity contribution in [1.82, 2.24) is 10.3 Å². The summed E-state index contributed by atoms with van der Waals surface area (Å²) < 4.78 is 0. The molecule has 0 spiro atoms. The molecule has 0 radical (unpaired) electrons. The molecule has 0 aliphatic rings. The van der Waals surface area contributed by atoms with Crippen molar-refractivity contribution < 1.29 is 4.79 Å². The zero-order valence-electron chi connectivity index (χ0n) is 13.5. The van der Waals surface area contributed by atoms with E-state index in [0.29, 0.717) is 0 Å². The van der Waals surface area contributed by atoms with Gasteiger partial charge in [-0.05, 0) is 12.3 Å². The van der Waals surface area contributed by atoms with Crippen LogP contribution in [0.3, 0.4) is 0 Å². The number of nitrogens with one attached hydrogen (secondary N) is 1. The first-order valence-corrected chi connectivity index (χ1v) is 8.24. The van der Waals surface area contributed by atoms with Crippen molar-refractivity contribution in [2.24, 2.45) is 11.1 Å². The Morgan fingerprint density at radius 3 is 2.50 bits per heavy atom. The van der Waals surface area contributed by atoms with Crippen LogP contribution < -0.4 is 11.1 Å². The van der Waals surface area contributed by atoms with Gasteiger partial charge in [-0.2, -0.15) is 0 Å². The van der Waals surface area contributed by atoms with Crippen molar-refractivity contribution in [1.29, 1.82) is 0 Å². The van der Waals surface area contributed by atoms with Gasteiger partial charge in [0.2, 0.25) is 5.91 Å². The van der Waals surface area contributed by atoms with Gasteiger partial charge in [-0.25, -0.2) is 4.98 Å². The van der Waals surface area contributed by atoms with Gasteiger partial charge in [0.25, 0.3) is 0 Å². The number of rotatable bonds is 4. The zero-order valence-corrected chi connectivity index (χ0v) is 14.3. The molecular weight excluding hydrogens is 294 g/mol. The number of nitrogens with zero attached hydrogens (tertiary/aromatic N) is 1. The lowest BCUT2D eigenvalue weighted by Gasteiger charge is -2.27. The molecule has 0 saturated carbocycles. The molecule has 0 bridgehead atoms. The molecule has 2 aromatic rings. The molecule has 4 nitrogen and oxygen atoms in total. The summed E-state index contributed by atoms with van der Waals surface area (Å²) in [7, 11) is 0. The SMILES string of the molecule is CC(NC(=O)[C@@H](N)C(C)(C)C)c1nc(-c2ccccc2)cs1. The lowest BCUT2D eigenvalue weighted by molar-refractivity contribution is -0.125. The molecule has 0 aliphatic carbocycles. The van der Waals surface area contributed by atoms with Crippen LogP contribution in [0.5, 0.6) is 0 Å². The van der Waals surface area contributed by atoms with Crippen LogP contribution in [0.1, 0.15) is 38.7 Å². The molecule has 1 aromatic heterocycles. The highest BCUT2D eigenvalue weighted by molar-refractivity contribution is 7.10. The minimum atomic E-state index is -0.538. The minimum Gasteiger partial charge on any atom is -0.346 e. The van der Waals surface area contributed by atoms with E-state index in [1.54, 1.807) is 11.3 Å². The van der Waals surface area contributed by atoms with E-state index in [0.717, 1.165) is 16.3 Å². The highest BCUT2D eigenvalue weighted by atomic mass is 32.1. The number of nitrogens with two attached hydrogens (primary N) is 1. The van der Waals surface area contributed by atoms with Gasteiger partial charge < -0.3 is 11.1 Å². The molecule has 0 fully saturated rings. The smallest absolute Gasteiger partial charge is 0.238 e. The molecule has 1 heterocycles. The Morgan fingerprint density at radius 2 is 1.91 bits per heavy atom. The van der Waals surface area contributed by atoms with Crippen LogP contribution in [0.2, 0.25) is 0 Å². The maximum atomic E-state index is 12.2. The van der Waals surface area contributed by atoms with Crippen molar-refractivity contribution in [2.75, 3.05) is 0 Å². The molecule has 1 aromatic carbocycles. The molecule has 118 valence electrons. The van der Waals surface area contributed by atoms with Crippen LogP contribution in [-0.4, -0.2) is 16.9 Å². The van der Waals surface area contributed by atoms with Gasteiger partial charge in [0, 0.05) is 10.9 Å². The van der Waals surface area contributed by atoms with Crippen molar-refractivity contribution in [3.05, 3.63) is 40.7 Å². The number of benzene rings is 1. The third-order valence-electron chi connectivity index (χ3n) is 3.54. The van der Waals surface area contributed by atoms with Crippen LogP contribution in [0, 0.1) is 5.41 Å². The molecule has 5 heteroatoms. The van der Waals surface area contributed by atoms with E-state index in [-0.39, 0.29) is 17.4 Å². The van der Waals surface area contributed by atoms with Crippen LogP contribution >= 0.6 is 11.3 Å². The maximum absolute atomic E-state index is 12.2. The minimum absolute atomic E-state index is 0.142. The topological polar surface area (TPSA) is 68.0 Å². The fourth-order valence-electron chi connectivity index (χ4n) is 1.99. The number of hydrogen-bond donors (Lipinski definition) is 2. The van der Waals surface area contributed by atoms with Gasteiger partial charge >= 0.3 is 0 Å². The third kappa shape index (κ3) is 3.93. The summed E-state index contributed by atoms with van der Waals surface area (Å²) in [5.74, 6) is -0.142. The quantitative estimate of drug-likeness (QED) is 0.908. The predicted octanol–water partition coefficient (Wildman–Crippen LogP) is 3.36. The average molecular weight is 317 g/mol. The largest absolute Gasteiger partial charge is 0.346 e. The fraction of sp³-hybridized carbons (Fsp3) is 0.412. The second kappa shape index (κ2) is 6.58. The lowest BCUT2D eigenvalue weighted by atomic mass is 9.87. The molecule has 2 rings (SSSR count). The Balaban J connectivity index is 2.07. The van der Waals surface area contributed by atoms with E-state index in [1.165, 1.54) is 0 Å². The van der Waals surface area contributed by atoms with Gasteiger partial charge in [-0.3, -0.25) is 4.79 Å². The summed E-state index contributed by atoms with van der Waals surface area (Å²) in [5, 5.41) is 5.84. The average Bonchev–Trinajstić information content (AvgIpc) is 2.96. The lowest BCUT2D eigenvalue weighted by Crippen LogP contribution is -2.49. The molecule has 22 heavy (non-hydrogen) atoms. The first-order valence-electron chi connectivity index (χ1n) is 7.36. The number of amides is 1. The summed E-state index contributed by atoms with van der Waals surface area (Å²) in [6.07, 6.45) is 0. The summed E-state index contributed by atoms with van der Waals surface area (Å²) >= 11 is 1.55. The first-order chi connectivity index (χ1) is 10.3. The van der Waals surface area contributed by atoms with Gasteiger partial charge in [0.05, 0.1) is 17.8 Å². The van der Waals surface area contributed by atoms with Crippen LogP contribution in [0.4, 0.5) is 0 Å². The maximum Gasteiger partial charge on any atom is 0.238 e. The van der Waals surface area contributed by atoms with Crippen LogP contribution in [0.25, 0.3) is 11.3 Å². The van der Waals surface area contributed by atoms with Crippen molar-refractivity contribution >= 4 is 17.2 Å². The van der Waals surface area contributed by atoms with E-state index in [9.17, 15) is 4.79 Å². The summed E-state index contributed by atoms with van der Waals surface area (Å²) in [6, 6.07) is 9.32. The molecule has 0 saturated heterocycles. The van der Waals surface area contributed by atoms with Crippen molar-refractivity contribution in [3.8, 4) is 11.3 Å². The van der Waals surface area contributed by atoms with Crippen LogP contribution in [-0.2, 0) is 4.79 Å². The Kier molecular flexibility index (Phi) is 4.98. The van der Waals surface area contributed by atoms with E-state index in [4.69, 9.17) is 5.73 Å². The van der Waals surface area contributed by atoms with Gasteiger partial charge in [-0.1, -0.05) is 51.1 Å². The first kappa shape index (κ1) is 16.6. The molecule has 3 N–H and O–H groups in total. The second-order valence-corrected chi connectivity index (χ2v) is 7.40. The van der Waals surface area contributed by atoms with Crippen LogP contribution in [0.15, 0.2) is 35.7 Å². The Labute approximate surface area is 135 Å². The number of thiazole rings is 1. The molecular formula is C17H23N3OS. The normalized spacial score (nSPS) is 14.4. The zero-order chi connectivity index (χ0) is 16.3. The van der Waals surface area contributed by atoms with E-state index < -0.39 is 6.04 Å². The highest BCUT2D eigenvalue weighted by Crippen LogP contribution is 2.25. The summed E-state index contributed by atoms with van der Waals surface area (Å²) in [6.45, 7) is 7.80. The highest BCUT2D eigenvalue weighted by Gasteiger charge is 2.28. The number of hydrogen-bond acceptors (Lipinski definition) is 4. The van der Waals surface area contributed by atoms with E-state index >= 15 is 0 Å².